The number of anilines is 2. The highest BCUT2D eigenvalue weighted by Crippen LogP contribution is 2.31. The second kappa shape index (κ2) is 4.59. The second-order valence-corrected chi connectivity index (χ2v) is 6.77. The third-order valence-electron chi connectivity index (χ3n) is 2.82. The van der Waals surface area contributed by atoms with Crippen LogP contribution in [0.15, 0.2) is 18.2 Å². The Labute approximate surface area is 106 Å². The average Bonchev–Trinajstić information content (AvgIpc) is 2.08. The number of benzene rings is 1. The van der Waals surface area contributed by atoms with Gasteiger partial charge in [0.25, 0.3) is 0 Å². The number of hydrogen-bond acceptors (Lipinski definition) is 2. The maximum Gasteiger partial charge on any atom is 0.0394 e. The molecule has 0 fully saturated rings. The SMILES string of the molecule is Cc1c(N)cccc1NC(C)(C)CC(C)(C)C. The van der Waals surface area contributed by atoms with E-state index in [9.17, 15) is 0 Å². The van der Waals surface area contributed by atoms with Crippen LogP contribution in [0.25, 0.3) is 0 Å². The summed E-state index contributed by atoms with van der Waals surface area (Å²) in [5.74, 6) is 0. The lowest BCUT2D eigenvalue weighted by Crippen LogP contribution is -2.35. The van der Waals surface area contributed by atoms with Crippen molar-refractivity contribution in [2.45, 2.75) is 53.5 Å². The van der Waals surface area contributed by atoms with E-state index in [1.807, 2.05) is 12.1 Å². The Balaban J connectivity index is 2.87. The van der Waals surface area contributed by atoms with Crippen LogP contribution in [0.2, 0.25) is 0 Å². The van der Waals surface area contributed by atoms with Crippen LogP contribution in [0.3, 0.4) is 0 Å². The lowest BCUT2D eigenvalue weighted by Gasteiger charge is -2.34. The molecule has 0 aliphatic heterocycles. The molecule has 0 spiro atoms. The summed E-state index contributed by atoms with van der Waals surface area (Å²) in [6.07, 6.45) is 1.11. The first kappa shape index (κ1) is 13.9. The van der Waals surface area contributed by atoms with Crippen molar-refractivity contribution in [3.05, 3.63) is 23.8 Å². The molecule has 1 aromatic rings. The minimum atomic E-state index is 0.0663. The molecular weight excluding hydrogens is 208 g/mol. The van der Waals surface area contributed by atoms with Crippen molar-refractivity contribution in [2.24, 2.45) is 5.41 Å². The van der Waals surface area contributed by atoms with Crippen molar-refractivity contribution in [2.75, 3.05) is 11.1 Å². The zero-order valence-corrected chi connectivity index (χ0v) is 12.0. The van der Waals surface area contributed by atoms with Gasteiger partial charge in [-0.05, 0) is 50.3 Å². The van der Waals surface area contributed by atoms with Crippen LogP contribution in [0, 0.1) is 12.3 Å². The second-order valence-electron chi connectivity index (χ2n) is 6.77. The Morgan fingerprint density at radius 1 is 1.12 bits per heavy atom. The summed E-state index contributed by atoms with van der Waals surface area (Å²) >= 11 is 0. The summed E-state index contributed by atoms with van der Waals surface area (Å²) < 4.78 is 0. The maximum atomic E-state index is 5.93. The third kappa shape index (κ3) is 4.29. The highest BCUT2D eigenvalue weighted by Gasteiger charge is 2.25. The molecule has 0 atom stereocenters. The van der Waals surface area contributed by atoms with E-state index in [0.29, 0.717) is 5.41 Å². The molecule has 0 aliphatic rings. The molecule has 0 radical (unpaired) electrons. The Morgan fingerprint density at radius 3 is 2.24 bits per heavy atom. The Kier molecular flexibility index (Phi) is 3.75. The molecule has 3 N–H and O–H groups in total. The van der Waals surface area contributed by atoms with Gasteiger partial charge in [-0.1, -0.05) is 26.8 Å². The first-order valence-electron chi connectivity index (χ1n) is 6.24. The maximum absolute atomic E-state index is 5.93. The van der Waals surface area contributed by atoms with E-state index in [1.165, 1.54) is 0 Å². The summed E-state index contributed by atoms with van der Waals surface area (Å²) in [4.78, 5) is 0. The molecule has 17 heavy (non-hydrogen) atoms. The molecule has 0 amide bonds. The molecule has 0 aliphatic carbocycles. The number of nitrogens with two attached hydrogens (primary N) is 1. The zero-order valence-electron chi connectivity index (χ0n) is 12.0. The Morgan fingerprint density at radius 2 is 1.71 bits per heavy atom. The van der Waals surface area contributed by atoms with Crippen molar-refractivity contribution < 1.29 is 0 Å². The zero-order chi connectivity index (χ0) is 13.3. The molecule has 0 bridgehead atoms. The van der Waals surface area contributed by atoms with Gasteiger partial charge in [0, 0.05) is 16.9 Å². The van der Waals surface area contributed by atoms with E-state index in [1.54, 1.807) is 0 Å². The third-order valence-corrected chi connectivity index (χ3v) is 2.82. The number of nitrogens with one attached hydrogen (secondary N) is 1. The lowest BCUT2D eigenvalue weighted by atomic mass is 9.81. The first-order chi connectivity index (χ1) is 7.61. The Bertz CT molecular complexity index is 386. The minimum absolute atomic E-state index is 0.0663. The van der Waals surface area contributed by atoms with Crippen molar-refractivity contribution >= 4 is 11.4 Å². The molecule has 1 aromatic carbocycles. The average molecular weight is 234 g/mol. The van der Waals surface area contributed by atoms with E-state index in [2.05, 4.69) is 52.9 Å². The van der Waals surface area contributed by atoms with Crippen LogP contribution < -0.4 is 11.1 Å². The van der Waals surface area contributed by atoms with Crippen LogP contribution in [0.1, 0.15) is 46.6 Å². The van der Waals surface area contributed by atoms with Gasteiger partial charge in [0.15, 0.2) is 0 Å². The number of hydrogen-bond donors (Lipinski definition) is 2. The summed E-state index contributed by atoms with van der Waals surface area (Å²) in [6.45, 7) is 13.3. The van der Waals surface area contributed by atoms with Gasteiger partial charge in [-0.15, -0.1) is 0 Å². The van der Waals surface area contributed by atoms with Crippen LogP contribution in [0.4, 0.5) is 11.4 Å². The van der Waals surface area contributed by atoms with Gasteiger partial charge in [-0.25, -0.2) is 0 Å². The van der Waals surface area contributed by atoms with Gasteiger partial charge < -0.3 is 11.1 Å². The smallest absolute Gasteiger partial charge is 0.0394 e. The van der Waals surface area contributed by atoms with Crippen molar-refractivity contribution in [1.82, 2.24) is 0 Å². The summed E-state index contributed by atoms with van der Waals surface area (Å²) in [6, 6.07) is 6.03. The van der Waals surface area contributed by atoms with Gasteiger partial charge >= 0.3 is 0 Å². The molecule has 2 heteroatoms. The normalized spacial score (nSPS) is 12.6. The molecule has 0 heterocycles. The van der Waals surface area contributed by atoms with Crippen LogP contribution in [0.5, 0.6) is 0 Å². The quantitative estimate of drug-likeness (QED) is 0.769. The van der Waals surface area contributed by atoms with Gasteiger partial charge in [-0.3, -0.25) is 0 Å². The summed E-state index contributed by atoms with van der Waals surface area (Å²) in [5.41, 5.74) is 9.42. The van der Waals surface area contributed by atoms with E-state index in [-0.39, 0.29) is 5.54 Å². The monoisotopic (exact) mass is 234 g/mol. The standard InChI is InChI=1S/C15H26N2/c1-11-12(16)8-7-9-13(11)17-15(5,6)10-14(2,3)4/h7-9,17H,10,16H2,1-6H3. The van der Waals surface area contributed by atoms with Gasteiger partial charge in [0.1, 0.15) is 0 Å². The summed E-state index contributed by atoms with van der Waals surface area (Å²) in [7, 11) is 0. The molecule has 0 saturated heterocycles. The van der Waals surface area contributed by atoms with Crippen molar-refractivity contribution in [3.8, 4) is 0 Å². The molecule has 96 valence electrons. The van der Waals surface area contributed by atoms with Gasteiger partial charge in [0.05, 0.1) is 0 Å². The van der Waals surface area contributed by atoms with E-state index < -0.39 is 0 Å². The topological polar surface area (TPSA) is 38.0 Å². The predicted octanol–water partition coefficient (Wildman–Crippen LogP) is 4.20. The minimum Gasteiger partial charge on any atom is -0.398 e. The fourth-order valence-corrected chi connectivity index (χ4v) is 2.52. The number of nitrogen functional groups attached to an aromatic ring is 1. The van der Waals surface area contributed by atoms with E-state index in [0.717, 1.165) is 23.4 Å². The predicted molar refractivity (Wildman–Crippen MR) is 77.4 cm³/mol. The van der Waals surface area contributed by atoms with E-state index in [4.69, 9.17) is 5.73 Å². The molecule has 2 nitrogen and oxygen atoms in total. The summed E-state index contributed by atoms with van der Waals surface area (Å²) in [5, 5.41) is 3.60. The van der Waals surface area contributed by atoms with Gasteiger partial charge in [0.2, 0.25) is 0 Å². The highest BCUT2D eigenvalue weighted by atomic mass is 15.0. The Hall–Kier alpha value is -1.18. The largest absolute Gasteiger partial charge is 0.398 e. The fourth-order valence-electron chi connectivity index (χ4n) is 2.52. The first-order valence-corrected chi connectivity index (χ1v) is 6.24. The fraction of sp³-hybridized carbons (Fsp3) is 0.600. The lowest BCUT2D eigenvalue weighted by molar-refractivity contribution is 0.302. The van der Waals surface area contributed by atoms with Crippen LogP contribution in [-0.2, 0) is 0 Å². The molecule has 1 rings (SSSR count). The molecule has 0 saturated carbocycles. The van der Waals surface area contributed by atoms with Crippen LogP contribution in [-0.4, -0.2) is 5.54 Å². The van der Waals surface area contributed by atoms with E-state index >= 15 is 0 Å². The highest BCUT2D eigenvalue weighted by molar-refractivity contribution is 5.63. The molecular formula is C15H26N2. The van der Waals surface area contributed by atoms with Crippen molar-refractivity contribution in [1.29, 1.82) is 0 Å². The molecule has 0 aromatic heterocycles. The number of rotatable bonds is 3. The molecule has 0 unspecified atom stereocenters. The van der Waals surface area contributed by atoms with Gasteiger partial charge in [-0.2, -0.15) is 0 Å². The van der Waals surface area contributed by atoms with Crippen LogP contribution >= 0.6 is 0 Å². The van der Waals surface area contributed by atoms with Crippen molar-refractivity contribution in [3.63, 3.8) is 0 Å².